The molecular weight excluding hydrogens is 494 g/mol. The summed E-state index contributed by atoms with van der Waals surface area (Å²) >= 11 is 1.75. The highest BCUT2D eigenvalue weighted by molar-refractivity contribution is 8.08. The number of benzene rings is 5. The lowest BCUT2D eigenvalue weighted by molar-refractivity contribution is 0.420. The lowest BCUT2D eigenvalue weighted by Crippen LogP contribution is -2.05. The Morgan fingerprint density at radius 3 is 1.67 bits per heavy atom. The summed E-state index contributed by atoms with van der Waals surface area (Å²) in [6, 6.07) is 46.7. The first-order valence-corrected chi connectivity index (χ1v) is 13.8. The second kappa shape index (κ2) is 9.94. The zero-order valence-electron chi connectivity index (χ0n) is 21.5. The van der Waals surface area contributed by atoms with Gasteiger partial charge in [0.15, 0.2) is 0 Å². The van der Waals surface area contributed by atoms with Crippen molar-refractivity contribution in [1.29, 1.82) is 0 Å². The fraction of sp³-hybridized carbons (Fsp3) is 0.0278. The second-order valence-corrected chi connectivity index (χ2v) is 10.5. The molecule has 0 bridgehead atoms. The lowest BCUT2D eigenvalue weighted by Gasteiger charge is -2.27. The molecule has 0 amide bonds. The zero-order valence-corrected chi connectivity index (χ0v) is 22.3. The Balaban J connectivity index is 1.65. The van der Waals surface area contributed by atoms with Crippen LogP contribution < -0.4 is 4.74 Å². The summed E-state index contributed by atoms with van der Waals surface area (Å²) < 4.78 is 6.06. The molecule has 0 aliphatic carbocycles. The highest BCUT2D eigenvalue weighted by Gasteiger charge is 2.29. The van der Waals surface area contributed by atoms with Gasteiger partial charge in [0.25, 0.3) is 0 Å². The molecule has 0 saturated heterocycles. The minimum Gasteiger partial charge on any atom is -0.496 e. The van der Waals surface area contributed by atoms with Crippen molar-refractivity contribution in [1.82, 2.24) is 4.98 Å². The molecule has 0 unspecified atom stereocenters. The zero-order chi connectivity index (χ0) is 26.2. The van der Waals surface area contributed by atoms with E-state index in [2.05, 4.69) is 127 Å². The molecule has 5 aromatic carbocycles. The number of hydrogen-bond acceptors (Lipinski definition) is 3. The third kappa shape index (κ3) is 4.03. The molecule has 0 radical (unpaired) electrons. The standard InChI is InChI=1S/C36H25NOS/c1-38-29-23-22-28-30(24-14-6-2-7-15-24)35(27-20-12-5-13-21-27)39-36-32(28)33(29)31(25-16-8-3-9-17-25)34(37-36)26-18-10-4-11-19-26/h2-23H,1H3. The Morgan fingerprint density at radius 1 is 0.538 bits per heavy atom. The van der Waals surface area contributed by atoms with Crippen molar-refractivity contribution in [2.45, 2.75) is 5.03 Å². The van der Waals surface area contributed by atoms with Crippen molar-refractivity contribution in [3.05, 3.63) is 150 Å². The van der Waals surface area contributed by atoms with Crippen LogP contribution in [0.25, 0.3) is 43.6 Å². The number of methoxy groups -OCH3 is 1. The van der Waals surface area contributed by atoms with Gasteiger partial charge < -0.3 is 4.74 Å². The van der Waals surface area contributed by atoms with Gasteiger partial charge in [-0.25, -0.2) is 4.98 Å². The number of rotatable bonds is 5. The molecule has 0 fully saturated rings. The number of ether oxygens (including phenoxy) is 1. The maximum atomic E-state index is 6.06. The number of aromatic nitrogens is 1. The molecule has 7 rings (SSSR count). The average Bonchev–Trinajstić information content (AvgIpc) is 3.02. The first-order chi connectivity index (χ1) is 19.3. The SMILES string of the molecule is COc1ccc2c3c(nc(-c4ccccc4)c(-c4ccccc4)c13)SC(c1ccccc1)=C2c1ccccc1. The first kappa shape index (κ1) is 23.5. The van der Waals surface area contributed by atoms with Crippen LogP contribution in [-0.4, -0.2) is 12.1 Å². The van der Waals surface area contributed by atoms with Crippen LogP contribution in [0.4, 0.5) is 0 Å². The molecule has 2 nitrogen and oxygen atoms in total. The number of nitrogens with zero attached hydrogens (tertiary/aromatic N) is 1. The van der Waals surface area contributed by atoms with Crippen molar-refractivity contribution in [3.8, 4) is 28.1 Å². The van der Waals surface area contributed by atoms with E-state index in [0.29, 0.717) is 0 Å². The van der Waals surface area contributed by atoms with Gasteiger partial charge in [0, 0.05) is 32.4 Å². The predicted octanol–water partition coefficient (Wildman–Crippen LogP) is 9.60. The smallest absolute Gasteiger partial charge is 0.127 e. The van der Waals surface area contributed by atoms with Gasteiger partial charge in [0.1, 0.15) is 10.8 Å². The molecular formula is C36H25NOS. The Hall–Kier alpha value is -4.60. The fourth-order valence-corrected chi connectivity index (χ4v) is 6.71. The summed E-state index contributed by atoms with van der Waals surface area (Å²) in [5.41, 5.74) is 9.03. The van der Waals surface area contributed by atoms with Crippen LogP contribution >= 0.6 is 11.8 Å². The summed E-state index contributed by atoms with van der Waals surface area (Å²) in [6.07, 6.45) is 0. The summed E-state index contributed by atoms with van der Waals surface area (Å²) in [4.78, 5) is 6.64. The predicted molar refractivity (Wildman–Crippen MR) is 164 cm³/mol. The normalized spacial score (nSPS) is 12.5. The van der Waals surface area contributed by atoms with Gasteiger partial charge in [-0.05, 0) is 34.4 Å². The van der Waals surface area contributed by atoms with Crippen LogP contribution in [0.15, 0.2) is 138 Å². The monoisotopic (exact) mass is 519 g/mol. The first-order valence-electron chi connectivity index (χ1n) is 13.0. The molecule has 0 atom stereocenters. The van der Waals surface area contributed by atoms with Crippen LogP contribution in [0.5, 0.6) is 5.75 Å². The van der Waals surface area contributed by atoms with E-state index in [-0.39, 0.29) is 0 Å². The maximum Gasteiger partial charge on any atom is 0.127 e. The van der Waals surface area contributed by atoms with Gasteiger partial charge in [-0.2, -0.15) is 0 Å². The molecule has 186 valence electrons. The number of thioether (sulfide) groups is 1. The van der Waals surface area contributed by atoms with E-state index in [1.807, 2.05) is 6.07 Å². The van der Waals surface area contributed by atoms with Crippen LogP contribution in [0.1, 0.15) is 16.7 Å². The minimum atomic E-state index is 0.851. The van der Waals surface area contributed by atoms with Gasteiger partial charge in [-0.1, -0.05) is 133 Å². The molecule has 3 heteroatoms. The molecule has 1 aliphatic heterocycles. The minimum absolute atomic E-state index is 0.851. The summed E-state index contributed by atoms with van der Waals surface area (Å²) in [5, 5.41) is 3.23. The summed E-state index contributed by atoms with van der Waals surface area (Å²) in [7, 11) is 1.76. The third-order valence-corrected chi connectivity index (χ3v) is 8.34. The average molecular weight is 520 g/mol. The molecule has 39 heavy (non-hydrogen) atoms. The summed E-state index contributed by atoms with van der Waals surface area (Å²) in [5.74, 6) is 0.851. The third-order valence-electron chi connectivity index (χ3n) is 7.20. The quantitative estimate of drug-likeness (QED) is 0.226. The van der Waals surface area contributed by atoms with Crippen LogP contribution in [0, 0.1) is 0 Å². The summed E-state index contributed by atoms with van der Waals surface area (Å²) in [6.45, 7) is 0. The Kier molecular flexibility index (Phi) is 5.99. The molecule has 0 saturated carbocycles. The van der Waals surface area contributed by atoms with Crippen LogP contribution in [0.3, 0.4) is 0 Å². The highest BCUT2D eigenvalue weighted by atomic mass is 32.2. The maximum absolute atomic E-state index is 6.06. The van der Waals surface area contributed by atoms with Crippen molar-refractivity contribution < 1.29 is 4.74 Å². The van der Waals surface area contributed by atoms with E-state index in [1.54, 1.807) is 18.9 Å². The Morgan fingerprint density at radius 2 is 1.08 bits per heavy atom. The van der Waals surface area contributed by atoms with Crippen molar-refractivity contribution in [2.24, 2.45) is 0 Å². The number of pyridine rings is 1. The van der Waals surface area contributed by atoms with Crippen molar-refractivity contribution in [3.63, 3.8) is 0 Å². The van der Waals surface area contributed by atoms with Gasteiger partial charge in [-0.3, -0.25) is 0 Å². The van der Waals surface area contributed by atoms with Crippen LogP contribution in [0.2, 0.25) is 0 Å². The second-order valence-electron chi connectivity index (χ2n) is 9.48. The van der Waals surface area contributed by atoms with E-state index in [1.165, 1.54) is 27.2 Å². The lowest BCUT2D eigenvalue weighted by atomic mass is 9.87. The molecule has 0 N–H and O–H groups in total. The van der Waals surface area contributed by atoms with Gasteiger partial charge >= 0.3 is 0 Å². The molecule has 1 aliphatic rings. The molecule has 1 aromatic heterocycles. The van der Waals surface area contributed by atoms with E-state index in [4.69, 9.17) is 9.72 Å². The Bertz CT molecular complexity index is 1830. The molecule has 2 heterocycles. The highest BCUT2D eigenvalue weighted by Crippen LogP contribution is 2.54. The van der Waals surface area contributed by atoms with E-state index >= 15 is 0 Å². The van der Waals surface area contributed by atoms with E-state index in [9.17, 15) is 0 Å². The molecule has 6 aromatic rings. The van der Waals surface area contributed by atoms with Crippen molar-refractivity contribution in [2.75, 3.05) is 7.11 Å². The van der Waals surface area contributed by atoms with E-state index < -0.39 is 0 Å². The molecule has 0 spiro atoms. The van der Waals surface area contributed by atoms with Crippen molar-refractivity contribution >= 4 is 33.0 Å². The topological polar surface area (TPSA) is 22.1 Å². The largest absolute Gasteiger partial charge is 0.496 e. The van der Waals surface area contributed by atoms with Crippen LogP contribution in [-0.2, 0) is 0 Å². The van der Waals surface area contributed by atoms with E-state index in [0.717, 1.165) is 43.9 Å². The van der Waals surface area contributed by atoms with Gasteiger partial charge in [0.2, 0.25) is 0 Å². The van der Waals surface area contributed by atoms with Gasteiger partial charge in [0.05, 0.1) is 12.8 Å². The number of hydrogen-bond donors (Lipinski definition) is 0. The fourth-order valence-electron chi connectivity index (χ4n) is 5.48. The Labute approximate surface area is 232 Å². The van der Waals surface area contributed by atoms with Gasteiger partial charge in [-0.15, -0.1) is 0 Å².